The van der Waals surface area contributed by atoms with Crippen LogP contribution in [0.2, 0.25) is 0 Å². The molecule has 1 aliphatic carbocycles. The number of ether oxygens (including phenoxy) is 1. The van der Waals surface area contributed by atoms with Crippen molar-refractivity contribution in [3.63, 3.8) is 0 Å². The summed E-state index contributed by atoms with van der Waals surface area (Å²) in [5, 5.41) is 7.11. The second-order valence-electron chi connectivity index (χ2n) is 10.4. The number of aromatic nitrogens is 2. The average molecular weight is 574 g/mol. The summed E-state index contributed by atoms with van der Waals surface area (Å²) in [6.45, 7) is 0.332. The Morgan fingerprint density at radius 1 is 1.15 bits per heavy atom. The number of anilines is 1. The number of fused-ring (bicyclic) bond motifs is 2. The van der Waals surface area contributed by atoms with Gasteiger partial charge in [-0.3, -0.25) is 9.59 Å². The summed E-state index contributed by atoms with van der Waals surface area (Å²) in [5.74, 6) is -0.870. The minimum Gasteiger partial charge on any atom is -0.406 e. The number of amides is 2. The molecule has 1 saturated carbocycles. The molecule has 2 aromatic heterocycles. The lowest BCUT2D eigenvalue weighted by molar-refractivity contribution is -0.274. The molecular weight excluding hydrogens is 543 g/mol. The Hall–Kier alpha value is -3.64. The number of hydrogen-bond acceptors (Lipinski definition) is 6. The summed E-state index contributed by atoms with van der Waals surface area (Å²) in [4.78, 5) is 33.5. The predicted octanol–water partition coefficient (Wildman–Crippen LogP) is 5.64. The number of carbonyl (C=O) groups is 2. The molecule has 2 amide bonds. The number of halogens is 3. The molecule has 0 spiro atoms. The Morgan fingerprint density at radius 3 is 2.70 bits per heavy atom. The molecule has 8 nitrogen and oxygen atoms in total. The number of para-hydroxylation sites is 1. The van der Waals surface area contributed by atoms with Gasteiger partial charge >= 0.3 is 6.36 Å². The quantitative estimate of drug-likeness (QED) is 0.206. The van der Waals surface area contributed by atoms with Crippen molar-refractivity contribution in [1.82, 2.24) is 15.3 Å². The van der Waals surface area contributed by atoms with Crippen molar-refractivity contribution in [2.75, 3.05) is 11.9 Å². The van der Waals surface area contributed by atoms with E-state index in [4.69, 9.17) is 5.73 Å². The van der Waals surface area contributed by atoms with Crippen LogP contribution in [0.25, 0.3) is 21.1 Å². The highest BCUT2D eigenvalue weighted by Crippen LogP contribution is 2.39. The summed E-state index contributed by atoms with van der Waals surface area (Å²) < 4.78 is 42.1. The summed E-state index contributed by atoms with van der Waals surface area (Å²) >= 11 is 1.07. The molecule has 212 valence electrons. The summed E-state index contributed by atoms with van der Waals surface area (Å²) in [7, 11) is 0. The zero-order valence-corrected chi connectivity index (χ0v) is 22.5. The number of thiazole rings is 1. The van der Waals surface area contributed by atoms with Crippen molar-refractivity contribution < 1.29 is 27.5 Å². The average Bonchev–Trinajstić information content (AvgIpc) is 3.50. The van der Waals surface area contributed by atoms with Crippen molar-refractivity contribution in [1.29, 1.82) is 0 Å². The Bertz CT molecular complexity index is 1510. The number of aromatic amines is 1. The Kier molecular flexibility index (Phi) is 7.99. The van der Waals surface area contributed by atoms with Gasteiger partial charge in [0, 0.05) is 36.1 Å². The predicted molar refractivity (Wildman–Crippen MR) is 148 cm³/mol. The number of alkyl halides is 3. The highest BCUT2D eigenvalue weighted by Gasteiger charge is 2.35. The molecule has 12 heteroatoms. The van der Waals surface area contributed by atoms with Crippen LogP contribution in [0.5, 0.6) is 5.75 Å². The van der Waals surface area contributed by atoms with Crippen LogP contribution in [0.15, 0.2) is 48.7 Å². The van der Waals surface area contributed by atoms with Gasteiger partial charge in [-0.2, -0.15) is 0 Å². The number of H-pyrrole nitrogens is 1. The van der Waals surface area contributed by atoms with E-state index in [1.807, 2.05) is 30.5 Å². The fourth-order valence-corrected chi connectivity index (χ4v) is 6.32. The normalized spacial score (nSPS) is 16.1. The van der Waals surface area contributed by atoms with E-state index < -0.39 is 17.8 Å². The van der Waals surface area contributed by atoms with Crippen molar-refractivity contribution in [3.8, 4) is 5.75 Å². The van der Waals surface area contributed by atoms with Gasteiger partial charge in [-0.15, -0.1) is 13.2 Å². The SMILES string of the molecule is N[C@@H](Cc1c[nH]c2ccccc12)C(=O)NCC1(CC(=O)Nc2nc3ccc(OC(F)(F)F)cc3s2)CCCCC1. The van der Waals surface area contributed by atoms with Crippen molar-refractivity contribution >= 4 is 49.4 Å². The monoisotopic (exact) mass is 573 g/mol. The lowest BCUT2D eigenvalue weighted by Crippen LogP contribution is -2.47. The standard InChI is InChI=1S/C28H30F3N5O3S/c29-28(30,31)39-18-8-9-22-23(13-18)40-26(35-22)36-24(37)14-27(10-4-1-5-11-27)16-34-25(38)20(32)12-17-15-33-21-7-3-2-6-19(17)21/h2-3,6-9,13,15,20,33H,1,4-5,10-12,14,16,32H2,(H,34,38)(H,35,36,37)/t20-/m0/s1. The van der Waals surface area contributed by atoms with E-state index in [2.05, 4.69) is 25.3 Å². The number of nitrogens with two attached hydrogens (primary N) is 1. The second-order valence-corrected chi connectivity index (χ2v) is 11.4. The number of hydrogen-bond donors (Lipinski definition) is 4. The molecule has 0 radical (unpaired) electrons. The van der Waals surface area contributed by atoms with Crippen LogP contribution in [-0.2, 0) is 16.0 Å². The molecule has 2 aromatic carbocycles. The fraction of sp³-hybridized carbons (Fsp3) is 0.393. The van der Waals surface area contributed by atoms with Gasteiger partial charge in [0.1, 0.15) is 5.75 Å². The molecule has 5 rings (SSSR count). The summed E-state index contributed by atoms with van der Waals surface area (Å²) in [6, 6.07) is 10.9. The van der Waals surface area contributed by atoms with Gasteiger partial charge in [0.15, 0.2) is 5.13 Å². The molecule has 1 atom stereocenters. The first-order valence-electron chi connectivity index (χ1n) is 13.1. The third kappa shape index (κ3) is 6.73. The van der Waals surface area contributed by atoms with E-state index in [0.29, 0.717) is 28.3 Å². The maximum atomic E-state index is 13.1. The fourth-order valence-electron chi connectivity index (χ4n) is 5.41. The van der Waals surface area contributed by atoms with Gasteiger partial charge in [-0.25, -0.2) is 4.98 Å². The lowest BCUT2D eigenvalue weighted by Gasteiger charge is -2.37. The second kappa shape index (κ2) is 11.5. The lowest BCUT2D eigenvalue weighted by atomic mass is 9.71. The topological polar surface area (TPSA) is 122 Å². The van der Waals surface area contributed by atoms with Crippen LogP contribution in [0, 0.1) is 5.41 Å². The van der Waals surface area contributed by atoms with Crippen LogP contribution < -0.4 is 21.1 Å². The minimum atomic E-state index is -4.79. The number of nitrogens with zero attached hydrogens (tertiary/aromatic N) is 1. The van der Waals surface area contributed by atoms with E-state index >= 15 is 0 Å². The van der Waals surface area contributed by atoms with Crippen LogP contribution in [0.4, 0.5) is 18.3 Å². The number of benzene rings is 2. The Balaban J connectivity index is 1.20. The van der Waals surface area contributed by atoms with E-state index in [-0.39, 0.29) is 24.0 Å². The van der Waals surface area contributed by atoms with Gasteiger partial charge in [0.25, 0.3) is 0 Å². The largest absolute Gasteiger partial charge is 0.573 e. The molecule has 0 bridgehead atoms. The first kappa shape index (κ1) is 27.9. The van der Waals surface area contributed by atoms with E-state index in [9.17, 15) is 22.8 Å². The van der Waals surface area contributed by atoms with Crippen LogP contribution >= 0.6 is 11.3 Å². The maximum absolute atomic E-state index is 13.1. The molecular formula is C28H30F3N5O3S. The molecule has 4 aromatic rings. The molecule has 0 unspecified atom stereocenters. The zero-order chi connectivity index (χ0) is 28.3. The Labute approximate surface area is 232 Å². The van der Waals surface area contributed by atoms with Crippen molar-refractivity contribution in [2.24, 2.45) is 11.1 Å². The van der Waals surface area contributed by atoms with Crippen molar-refractivity contribution in [2.45, 2.75) is 57.3 Å². The first-order valence-corrected chi connectivity index (χ1v) is 14.0. The molecule has 5 N–H and O–H groups in total. The van der Waals surface area contributed by atoms with Gasteiger partial charge in [0.2, 0.25) is 11.8 Å². The third-order valence-corrected chi connectivity index (χ3v) is 8.31. The highest BCUT2D eigenvalue weighted by molar-refractivity contribution is 7.22. The molecule has 0 aliphatic heterocycles. The minimum absolute atomic E-state index is 0.184. The third-order valence-electron chi connectivity index (χ3n) is 7.38. The van der Waals surface area contributed by atoms with Crippen LogP contribution in [0.1, 0.15) is 44.1 Å². The maximum Gasteiger partial charge on any atom is 0.573 e. The van der Waals surface area contributed by atoms with Gasteiger partial charge in [0.05, 0.1) is 16.3 Å². The molecule has 40 heavy (non-hydrogen) atoms. The van der Waals surface area contributed by atoms with E-state index in [1.165, 1.54) is 18.2 Å². The zero-order valence-electron chi connectivity index (χ0n) is 21.6. The number of nitrogens with one attached hydrogen (secondary N) is 3. The summed E-state index contributed by atoms with van der Waals surface area (Å²) in [5.41, 5.74) is 8.26. The first-order chi connectivity index (χ1) is 19.1. The smallest absolute Gasteiger partial charge is 0.406 e. The van der Waals surface area contributed by atoms with Crippen molar-refractivity contribution in [3.05, 3.63) is 54.2 Å². The molecule has 0 saturated heterocycles. The van der Waals surface area contributed by atoms with Crippen LogP contribution in [0.3, 0.4) is 0 Å². The number of carbonyl (C=O) groups excluding carboxylic acids is 2. The van der Waals surface area contributed by atoms with Gasteiger partial charge in [-0.05, 0) is 48.4 Å². The Morgan fingerprint density at radius 2 is 1.93 bits per heavy atom. The number of rotatable bonds is 9. The highest BCUT2D eigenvalue weighted by atomic mass is 32.1. The molecule has 1 aliphatic rings. The van der Waals surface area contributed by atoms with Crippen LogP contribution in [-0.4, -0.2) is 40.7 Å². The summed E-state index contributed by atoms with van der Waals surface area (Å²) in [6.07, 6.45) is 2.20. The van der Waals surface area contributed by atoms with E-state index in [0.717, 1.165) is 59.9 Å². The van der Waals surface area contributed by atoms with Gasteiger partial charge < -0.3 is 26.1 Å². The van der Waals surface area contributed by atoms with E-state index in [1.54, 1.807) is 0 Å². The molecule has 1 fully saturated rings. The molecule has 2 heterocycles. The van der Waals surface area contributed by atoms with Gasteiger partial charge in [-0.1, -0.05) is 48.8 Å².